The Morgan fingerprint density at radius 2 is 0.474 bits per heavy atom. The Kier molecular flexibility index (Phi) is 42.4. The minimum atomic E-state index is 0.898. The van der Waals surface area contributed by atoms with Crippen LogP contribution in [0, 0.1) is 6.92 Å². The monoisotopic (exact) mass is 794 g/mol. The first-order chi connectivity index (χ1) is 28.3. The Labute approximate surface area is 360 Å². The summed E-state index contributed by atoms with van der Waals surface area (Å²) in [5, 5.41) is 0. The highest BCUT2D eigenvalue weighted by molar-refractivity contribution is 5.27. The van der Waals surface area contributed by atoms with Crippen LogP contribution >= 0.6 is 0 Å². The van der Waals surface area contributed by atoms with Crippen LogP contribution in [0.5, 0.6) is 0 Å². The molecule has 0 unspecified atom stereocenters. The van der Waals surface area contributed by atoms with E-state index in [1.807, 2.05) is 0 Å². The number of aryl methyl sites for hydroxylation is 3. The van der Waals surface area contributed by atoms with Gasteiger partial charge in [-0.05, 0) is 50.5 Å². The van der Waals surface area contributed by atoms with Crippen molar-refractivity contribution < 1.29 is 0 Å². The van der Waals surface area contributed by atoms with Crippen molar-refractivity contribution in [2.75, 3.05) is 0 Å². The van der Waals surface area contributed by atoms with Crippen molar-refractivity contribution in [3.63, 3.8) is 0 Å². The molecule has 0 saturated carbocycles. The van der Waals surface area contributed by atoms with Gasteiger partial charge in [-0.2, -0.15) is 0 Å². The number of nitrogens with zero attached hydrogens (tertiary/aromatic N) is 2. The van der Waals surface area contributed by atoms with Crippen molar-refractivity contribution in [2.24, 2.45) is 0 Å². The summed E-state index contributed by atoms with van der Waals surface area (Å²) in [6.45, 7) is 11.1. The summed E-state index contributed by atoms with van der Waals surface area (Å²) in [6.07, 6.45) is 65.0. The fourth-order valence-electron chi connectivity index (χ4n) is 9.08. The highest BCUT2D eigenvalue weighted by Gasteiger charge is 2.14. The summed E-state index contributed by atoms with van der Waals surface area (Å²) in [7, 11) is 0. The van der Waals surface area contributed by atoms with Gasteiger partial charge in [-0.3, -0.25) is 0 Å². The third-order valence-corrected chi connectivity index (χ3v) is 12.9. The molecule has 0 aliphatic rings. The van der Waals surface area contributed by atoms with E-state index in [1.165, 1.54) is 287 Å². The van der Waals surface area contributed by atoms with Gasteiger partial charge in [0.15, 0.2) is 0 Å². The summed E-state index contributed by atoms with van der Waals surface area (Å²) in [4.78, 5) is 10.5. The second-order valence-corrected chi connectivity index (χ2v) is 18.7. The number of rotatable bonds is 47. The van der Waals surface area contributed by atoms with E-state index in [9.17, 15) is 0 Å². The summed E-state index contributed by atoms with van der Waals surface area (Å²) >= 11 is 0. The van der Waals surface area contributed by atoms with E-state index in [1.54, 1.807) is 5.56 Å². The lowest BCUT2D eigenvalue weighted by Crippen LogP contribution is -2.11. The van der Waals surface area contributed by atoms with Crippen LogP contribution in [-0.4, -0.2) is 9.97 Å². The third-order valence-electron chi connectivity index (χ3n) is 12.9. The second-order valence-electron chi connectivity index (χ2n) is 18.7. The molecular weight excluding hydrogens is 689 g/mol. The molecule has 0 aromatic carbocycles. The van der Waals surface area contributed by atoms with Gasteiger partial charge >= 0.3 is 0 Å². The average molecular weight is 794 g/mol. The molecule has 0 bridgehead atoms. The van der Waals surface area contributed by atoms with E-state index >= 15 is 0 Å². The number of hydrogen-bond acceptors (Lipinski definition) is 2. The molecular formula is C55H105N2. The Balaban J connectivity index is 2.51. The van der Waals surface area contributed by atoms with E-state index < -0.39 is 0 Å². The first kappa shape index (κ1) is 54.1. The Morgan fingerprint density at radius 1 is 0.263 bits per heavy atom. The molecule has 0 amide bonds. The Morgan fingerprint density at radius 3 is 0.702 bits per heavy atom. The molecule has 1 radical (unpaired) electrons. The molecule has 0 aliphatic heterocycles. The molecule has 1 aromatic heterocycles. The predicted molar refractivity (Wildman–Crippen MR) is 258 cm³/mol. The van der Waals surface area contributed by atoms with Crippen molar-refractivity contribution in [3.05, 3.63) is 29.7 Å². The molecule has 0 spiro atoms. The molecule has 1 heterocycles. The number of aromatic nitrogens is 2. The topological polar surface area (TPSA) is 25.8 Å². The first-order valence-corrected chi connectivity index (χ1v) is 26.9. The minimum Gasteiger partial charge on any atom is -0.238 e. The lowest BCUT2D eigenvalue weighted by atomic mass is 9.96. The fraction of sp³-hybridized carbons (Fsp3) is 0.909. The normalized spacial score (nSPS) is 11.6. The molecule has 1 rings (SSSR count). The van der Waals surface area contributed by atoms with Crippen molar-refractivity contribution >= 4 is 0 Å². The second kappa shape index (κ2) is 44.6. The highest BCUT2D eigenvalue weighted by atomic mass is 14.9. The van der Waals surface area contributed by atoms with Crippen LogP contribution in [0.4, 0.5) is 0 Å². The van der Waals surface area contributed by atoms with Crippen LogP contribution in [0.2, 0.25) is 0 Å². The van der Waals surface area contributed by atoms with Crippen LogP contribution < -0.4 is 0 Å². The summed E-state index contributed by atoms with van der Waals surface area (Å²) in [5.41, 5.74) is 4.40. The van der Waals surface area contributed by atoms with Gasteiger partial charge in [-0.1, -0.05) is 278 Å². The SMILES string of the molecule is [CH2]CCc1nc(CCCCCCCCCCCCCCCC)c(CCCCCCCCCCCCCCCC)c(CCCCCCCCCCCCCCCC)n1. The molecule has 0 N–H and O–H groups in total. The minimum absolute atomic E-state index is 0.898. The molecule has 57 heavy (non-hydrogen) atoms. The van der Waals surface area contributed by atoms with Crippen LogP contribution in [0.15, 0.2) is 0 Å². The van der Waals surface area contributed by atoms with E-state index in [-0.39, 0.29) is 0 Å². The van der Waals surface area contributed by atoms with Crippen molar-refractivity contribution in [2.45, 2.75) is 323 Å². The first-order valence-electron chi connectivity index (χ1n) is 26.9. The lowest BCUT2D eigenvalue weighted by Gasteiger charge is -2.16. The van der Waals surface area contributed by atoms with Gasteiger partial charge in [-0.25, -0.2) is 9.97 Å². The molecule has 0 saturated heterocycles. The molecule has 2 nitrogen and oxygen atoms in total. The highest BCUT2D eigenvalue weighted by Crippen LogP contribution is 2.23. The molecule has 0 aliphatic carbocycles. The molecule has 2 heteroatoms. The van der Waals surface area contributed by atoms with Crippen LogP contribution in [-0.2, 0) is 25.7 Å². The van der Waals surface area contributed by atoms with E-state index in [0.717, 1.165) is 31.5 Å². The Bertz CT molecular complexity index is 870. The van der Waals surface area contributed by atoms with Gasteiger partial charge in [0.05, 0.1) is 0 Å². The van der Waals surface area contributed by atoms with Crippen molar-refractivity contribution in [1.82, 2.24) is 9.97 Å². The largest absolute Gasteiger partial charge is 0.238 e. The standard InChI is InChI=1S/C55H105N2/c1-5-9-12-15-18-21-24-27-30-33-36-39-42-45-49-52-53(50-46-43-40-37-34-31-28-25-22-19-16-13-10-6-2)56-55(48-8-4)57-54(52)51-47-44-41-38-35-32-29-26-23-20-17-14-11-7-3/h4-51H2,1-3H3. The maximum atomic E-state index is 5.27. The van der Waals surface area contributed by atoms with Crippen molar-refractivity contribution in [3.8, 4) is 0 Å². The van der Waals surface area contributed by atoms with E-state index in [0.29, 0.717) is 0 Å². The van der Waals surface area contributed by atoms with Gasteiger partial charge < -0.3 is 0 Å². The quantitative estimate of drug-likeness (QED) is 0.0614. The average Bonchev–Trinajstić information content (AvgIpc) is 3.22. The summed E-state index contributed by atoms with van der Waals surface area (Å²) in [6, 6.07) is 0. The number of hydrogen-bond donors (Lipinski definition) is 0. The van der Waals surface area contributed by atoms with Gasteiger partial charge in [0.25, 0.3) is 0 Å². The molecule has 1 aromatic rings. The maximum Gasteiger partial charge on any atom is 0.128 e. The zero-order valence-electron chi connectivity index (χ0n) is 39.8. The third kappa shape index (κ3) is 35.5. The van der Waals surface area contributed by atoms with Gasteiger partial charge in [0, 0.05) is 17.8 Å². The summed E-state index contributed by atoms with van der Waals surface area (Å²) < 4.78 is 0. The van der Waals surface area contributed by atoms with Gasteiger partial charge in [-0.15, -0.1) is 0 Å². The van der Waals surface area contributed by atoms with E-state index in [2.05, 4.69) is 27.7 Å². The lowest BCUT2D eigenvalue weighted by molar-refractivity contribution is 0.531. The zero-order chi connectivity index (χ0) is 41.0. The van der Waals surface area contributed by atoms with Gasteiger partial charge in [0.2, 0.25) is 0 Å². The smallest absolute Gasteiger partial charge is 0.128 e. The van der Waals surface area contributed by atoms with E-state index in [4.69, 9.17) is 9.97 Å². The molecule has 0 fully saturated rings. The number of unbranched alkanes of at least 4 members (excludes halogenated alkanes) is 39. The fourth-order valence-corrected chi connectivity index (χ4v) is 9.08. The maximum absolute atomic E-state index is 5.27. The van der Waals surface area contributed by atoms with Crippen LogP contribution in [0.3, 0.4) is 0 Å². The predicted octanol–water partition coefficient (Wildman–Crippen LogP) is 19.3. The van der Waals surface area contributed by atoms with Crippen molar-refractivity contribution in [1.29, 1.82) is 0 Å². The molecule has 0 atom stereocenters. The Hall–Kier alpha value is -0.920. The van der Waals surface area contributed by atoms with Crippen LogP contribution in [0.25, 0.3) is 0 Å². The zero-order valence-corrected chi connectivity index (χ0v) is 39.8. The summed E-state index contributed by atoms with van der Waals surface area (Å²) in [5.74, 6) is 1.08. The van der Waals surface area contributed by atoms with Gasteiger partial charge in [0.1, 0.15) is 5.82 Å². The van der Waals surface area contributed by atoms with Crippen LogP contribution in [0.1, 0.15) is 320 Å². The molecule has 335 valence electrons.